The molecule has 0 amide bonds. The van der Waals surface area contributed by atoms with E-state index in [1.54, 1.807) is 18.3 Å². The summed E-state index contributed by atoms with van der Waals surface area (Å²) in [6.07, 6.45) is 1.63. The van der Waals surface area contributed by atoms with Crippen LogP contribution in [-0.4, -0.2) is 4.98 Å². The number of hydrogen-bond acceptors (Lipinski definition) is 1. The molecule has 0 spiro atoms. The molecule has 2 aromatic rings. The number of aromatic nitrogens is 1. The zero-order valence-electron chi connectivity index (χ0n) is 8.21. The number of rotatable bonds is 1. The van der Waals surface area contributed by atoms with Crippen molar-refractivity contribution in [1.29, 1.82) is 5.26 Å². The molecule has 0 atom stereocenters. The molecule has 15 heavy (non-hydrogen) atoms. The van der Waals surface area contributed by atoms with E-state index in [0.717, 1.165) is 5.56 Å². The summed E-state index contributed by atoms with van der Waals surface area (Å²) in [6.45, 7) is 1.83. The van der Waals surface area contributed by atoms with Crippen molar-refractivity contribution in [2.24, 2.45) is 0 Å². The van der Waals surface area contributed by atoms with Gasteiger partial charge in [-0.3, -0.25) is 0 Å². The minimum absolute atomic E-state index is 0.311. The van der Waals surface area contributed by atoms with Gasteiger partial charge in [0.15, 0.2) is 0 Å². The summed E-state index contributed by atoms with van der Waals surface area (Å²) in [5, 5.41) is 8.82. The first-order valence-electron chi connectivity index (χ1n) is 4.56. The molecule has 1 aromatic carbocycles. The smallest absolute Gasteiger partial charge is 0.132 e. The summed E-state index contributed by atoms with van der Waals surface area (Å²) in [4.78, 5) is 2.87. The van der Waals surface area contributed by atoms with Crippen LogP contribution in [0.25, 0.3) is 11.3 Å². The van der Waals surface area contributed by atoms with Crippen LogP contribution >= 0.6 is 0 Å². The molecule has 0 radical (unpaired) electrons. The highest BCUT2D eigenvalue weighted by molar-refractivity contribution is 5.67. The topological polar surface area (TPSA) is 39.6 Å². The zero-order valence-corrected chi connectivity index (χ0v) is 8.21. The standard InChI is InChI=1S/C12H9FN2/c1-8-2-3-10(11(13)6-8)12-9(7-14)4-5-15-12/h2-6,15H,1H3. The predicted octanol–water partition coefficient (Wildman–Crippen LogP) is 3.00. The number of nitrogens with zero attached hydrogens (tertiary/aromatic N) is 1. The Balaban J connectivity index is 2.60. The summed E-state index contributed by atoms with van der Waals surface area (Å²) in [7, 11) is 0. The Kier molecular flexibility index (Phi) is 2.26. The number of halogens is 1. The molecule has 0 saturated heterocycles. The van der Waals surface area contributed by atoms with Gasteiger partial charge in [-0.15, -0.1) is 0 Å². The van der Waals surface area contributed by atoms with Gasteiger partial charge < -0.3 is 4.98 Å². The predicted molar refractivity (Wildman–Crippen MR) is 55.6 cm³/mol. The van der Waals surface area contributed by atoms with E-state index < -0.39 is 0 Å². The quantitative estimate of drug-likeness (QED) is 0.755. The molecule has 74 valence electrons. The van der Waals surface area contributed by atoms with Crippen molar-refractivity contribution >= 4 is 0 Å². The molecular weight excluding hydrogens is 191 g/mol. The third-order valence-corrected chi connectivity index (χ3v) is 2.26. The van der Waals surface area contributed by atoms with Crippen LogP contribution in [0.1, 0.15) is 11.1 Å². The van der Waals surface area contributed by atoms with E-state index in [4.69, 9.17) is 5.26 Å². The average Bonchev–Trinajstić information content (AvgIpc) is 2.65. The first-order chi connectivity index (χ1) is 7.22. The number of nitrogens with one attached hydrogen (secondary N) is 1. The van der Waals surface area contributed by atoms with E-state index >= 15 is 0 Å². The summed E-state index contributed by atoms with van der Waals surface area (Å²) in [5.41, 5.74) is 2.29. The second kappa shape index (κ2) is 3.58. The molecule has 0 aliphatic rings. The van der Waals surface area contributed by atoms with E-state index in [1.807, 2.05) is 19.1 Å². The van der Waals surface area contributed by atoms with Gasteiger partial charge in [-0.2, -0.15) is 5.26 Å². The highest BCUT2D eigenvalue weighted by atomic mass is 19.1. The Labute approximate surface area is 87.0 Å². The Morgan fingerprint density at radius 3 is 2.80 bits per heavy atom. The van der Waals surface area contributed by atoms with Gasteiger partial charge in [-0.1, -0.05) is 6.07 Å². The summed E-state index contributed by atoms with van der Waals surface area (Å²) < 4.78 is 13.6. The number of aromatic amines is 1. The Hall–Kier alpha value is -2.08. The number of hydrogen-bond donors (Lipinski definition) is 1. The van der Waals surface area contributed by atoms with Crippen molar-refractivity contribution in [3.05, 3.63) is 47.4 Å². The van der Waals surface area contributed by atoms with Crippen LogP contribution in [0, 0.1) is 24.1 Å². The largest absolute Gasteiger partial charge is 0.360 e. The van der Waals surface area contributed by atoms with E-state index in [9.17, 15) is 4.39 Å². The molecule has 0 fully saturated rings. The minimum atomic E-state index is -0.311. The fourth-order valence-corrected chi connectivity index (χ4v) is 1.51. The van der Waals surface area contributed by atoms with Gasteiger partial charge in [-0.25, -0.2) is 4.39 Å². The molecule has 0 saturated carbocycles. The first-order valence-corrected chi connectivity index (χ1v) is 4.56. The summed E-state index contributed by atoms with van der Waals surface area (Å²) in [5.74, 6) is -0.311. The molecule has 2 rings (SSSR count). The zero-order chi connectivity index (χ0) is 10.8. The van der Waals surface area contributed by atoms with E-state index in [1.165, 1.54) is 6.07 Å². The molecule has 1 N–H and O–H groups in total. The molecule has 0 aliphatic heterocycles. The lowest BCUT2D eigenvalue weighted by molar-refractivity contribution is 0.629. The fraction of sp³-hybridized carbons (Fsp3) is 0.0833. The van der Waals surface area contributed by atoms with E-state index in [0.29, 0.717) is 16.8 Å². The third-order valence-electron chi connectivity index (χ3n) is 2.26. The van der Waals surface area contributed by atoms with Gasteiger partial charge in [0.1, 0.15) is 11.9 Å². The Bertz CT molecular complexity index is 535. The molecule has 2 nitrogen and oxygen atoms in total. The average molecular weight is 200 g/mol. The molecule has 3 heteroatoms. The van der Waals surface area contributed by atoms with Crippen molar-refractivity contribution in [3.8, 4) is 17.3 Å². The summed E-state index contributed by atoms with van der Waals surface area (Å²) in [6, 6.07) is 8.60. The van der Waals surface area contributed by atoms with Crippen LogP contribution < -0.4 is 0 Å². The Morgan fingerprint density at radius 2 is 2.13 bits per heavy atom. The highest BCUT2D eigenvalue weighted by Gasteiger charge is 2.10. The number of aryl methyl sites for hydroxylation is 1. The van der Waals surface area contributed by atoms with Gasteiger partial charge in [0.05, 0.1) is 11.3 Å². The summed E-state index contributed by atoms with van der Waals surface area (Å²) >= 11 is 0. The van der Waals surface area contributed by atoms with E-state index in [2.05, 4.69) is 4.98 Å². The molecule has 1 heterocycles. The van der Waals surface area contributed by atoms with Crippen LogP contribution in [0.4, 0.5) is 4.39 Å². The lowest BCUT2D eigenvalue weighted by Gasteiger charge is -2.02. The molecular formula is C12H9FN2. The fourth-order valence-electron chi connectivity index (χ4n) is 1.51. The minimum Gasteiger partial charge on any atom is -0.360 e. The van der Waals surface area contributed by atoms with Gasteiger partial charge >= 0.3 is 0 Å². The van der Waals surface area contributed by atoms with Crippen molar-refractivity contribution < 1.29 is 4.39 Å². The first kappa shape index (κ1) is 9.47. The van der Waals surface area contributed by atoms with Crippen molar-refractivity contribution in [1.82, 2.24) is 4.98 Å². The maximum atomic E-state index is 13.6. The van der Waals surface area contributed by atoms with Crippen molar-refractivity contribution in [3.63, 3.8) is 0 Å². The second-order valence-corrected chi connectivity index (χ2v) is 3.36. The van der Waals surface area contributed by atoms with Crippen LogP contribution in [0.3, 0.4) is 0 Å². The molecule has 0 bridgehead atoms. The maximum absolute atomic E-state index is 13.6. The van der Waals surface area contributed by atoms with Crippen molar-refractivity contribution in [2.75, 3.05) is 0 Å². The molecule has 1 aromatic heterocycles. The highest BCUT2D eigenvalue weighted by Crippen LogP contribution is 2.24. The van der Waals surface area contributed by atoms with Gasteiger partial charge in [0, 0.05) is 11.8 Å². The third kappa shape index (κ3) is 1.62. The molecule has 0 aliphatic carbocycles. The van der Waals surface area contributed by atoms with Crippen LogP contribution in [0.5, 0.6) is 0 Å². The SMILES string of the molecule is Cc1ccc(-c2[nH]ccc2C#N)c(F)c1. The monoisotopic (exact) mass is 200 g/mol. The van der Waals surface area contributed by atoms with Crippen LogP contribution in [-0.2, 0) is 0 Å². The number of H-pyrrole nitrogens is 1. The van der Waals surface area contributed by atoms with Crippen LogP contribution in [0.2, 0.25) is 0 Å². The lowest BCUT2D eigenvalue weighted by atomic mass is 10.1. The second-order valence-electron chi connectivity index (χ2n) is 3.36. The Morgan fingerprint density at radius 1 is 1.33 bits per heavy atom. The van der Waals surface area contributed by atoms with Crippen molar-refractivity contribution in [2.45, 2.75) is 6.92 Å². The van der Waals surface area contributed by atoms with Crippen LogP contribution in [0.15, 0.2) is 30.5 Å². The lowest BCUT2D eigenvalue weighted by Crippen LogP contribution is -1.87. The normalized spacial score (nSPS) is 9.93. The van der Waals surface area contributed by atoms with Gasteiger partial charge in [-0.05, 0) is 30.7 Å². The van der Waals surface area contributed by atoms with Gasteiger partial charge in [0.25, 0.3) is 0 Å². The number of benzene rings is 1. The van der Waals surface area contributed by atoms with Gasteiger partial charge in [0.2, 0.25) is 0 Å². The molecule has 0 unspecified atom stereocenters. The maximum Gasteiger partial charge on any atom is 0.132 e. The van der Waals surface area contributed by atoms with E-state index in [-0.39, 0.29) is 5.82 Å². The number of nitriles is 1.